The van der Waals surface area contributed by atoms with E-state index in [2.05, 4.69) is 17.6 Å². The van der Waals surface area contributed by atoms with E-state index in [0.29, 0.717) is 18.1 Å². The van der Waals surface area contributed by atoms with Gasteiger partial charge in [-0.2, -0.15) is 0 Å². The normalized spacial score (nSPS) is 30.5. The van der Waals surface area contributed by atoms with Gasteiger partial charge >= 0.3 is 0 Å². The summed E-state index contributed by atoms with van der Waals surface area (Å²) in [5, 5.41) is 6.35. The molecule has 1 saturated carbocycles. The van der Waals surface area contributed by atoms with Gasteiger partial charge in [-0.3, -0.25) is 4.79 Å². The molecule has 0 aromatic rings. The molecule has 4 nitrogen and oxygen atoms in total. The topological polar surface area (TPSA) is 50.4 Å². The first kappa shape index (κ1) is 10.9. The summed E-state index contributed by atoms with van der Waals surface area (Å²) in [5.41, 5.74) is 0. The number of carbonyl (C=O) groups is 1. The Kier molecular flexibility index (Phi) is 3.59. The highest BCUT2D eigenvalue weighted by Gasteiger charge is 2.29. The van der Waals surface area contributed by atoms with Gasteiger partial charge in [-0.25, -0.2) is 0 Å². The van der Waals surface area contributed by atoms with Crippen molar-refractivity contribution in [2.75, 3.05) is 19.7 Å². The van der Waals surface area contributed by atoms with E-state index in [1.165, 1.54) is 0 Å². The number of carbonyl (C=O) groups excluding carboxylic acids is 1. The van der Waals surface area contributed by atoms with E-state index < -0.39 is 0 Å². The van der Waals surface area contributed by atoms with E-state index in [0.717, 1.165) is 39.0 Å². The number of hydrogen-bond acceptors (Lipinski definition) is 3. The van der Waals surface area contributed by atoms with Gasteiger partial charge < -0.3 is 15.4 Å². The molecule has 86 valence electrons. The number of rotatable bonds is 5. The molecule has 2 N–H and O–H groups in total. The molecule has 1 aliphatic heterocycles. The van der Waals surface area contributed by atoms with Crippen molar-refractivity contribution >= 4 is 5.91 Å². The van der Waals surface area contributed by atoms with Crippen LogP contribution >= 0.6 is 0 Å². The number of hydrogen-bond donors (Lipinski definition) is 2. The van der Waals surface area contributed by atoms with Crippen LogP contribution in [0.2, 0.25) is 0 Å². The van der Waals surface area contributed by atoms with E-state index in [4.69, 9.17) is 4.74 Å². The quantitative estimate of drug-likeness (QED) is 0.644. The lowest BCUT2D eigenvalue weighted by molar-refractivity contribution is -0.122. The molecule has 0 aromatic heterocycles. The van der Waals surface area contributed by atoms with Crippen molar-refractivity contribution in [1.29, 1.82) is 0 Å². The number of nitrogens with one attached hydrogen (secondary N) is 2. The molecule has 2 rings (SSSR count). The summed E-state index contributed by atoms with van der Waals surface area (Å²) in [7, 11) is 0. The Bertz CT molecular complexity index is 229. The molecule has 1 saturated heterocycles. The molecule has 2 aliphatic rings. The monoisotopic (exact) mass is 212 g/mol. The average Bonchev–Trinajstić information content (AvgIpc) is 2.99. The number of amides is 1. The van der Waals surface area contributed by atoms with Crippen molar-refractivity contribution in [3.63, 3.8) is 0 Å². The first-order valence-corrected chi connectivity index (χ1v) is 5.90. The molecule has 2 atom stereocenters. The predicted octanol–water partition coefficient (Wildman–Crippen LogP) is 0.280. The molecule has 1 amide bonds. The third-order valence-corrected chi connectivity index (χ3v) is 3.16. The Labute approximate surface area is 90.8 Å². The van der Waals surface area contributed by atoms with Gasteiger partial charge in [0.25, 0.3) is 0 Å². The van der Waals surface area contributed by atoms with E-state index >= 15 is 0 Å². The molecule has 2 fully saturated rings. The molecule has 0 bridgehead atoms. The van der Waals surface area contributed by atoms with Crippen molar-refractivity contribution in [2.24, 2.45) is 5.92 Å². The fourth-order valence-corrected chi connectivity index (χ4v) is 1.93. The summed E-state index contributed by atoms with van der Waals surface area (Å²) in [5.74, 6) is 0.547. The zero-order chi connectivity index (χ0) is 10.7. The fraction of sp³-hybridized carbons (Fsp3) is 0.909. The highest BCUT2D eigenvalue weighted by Crippen LogP contribution is 2.28. The second-order valence-corrected chi connectivity index (χ2v) is 4.49. The molecule has 1 aliphatic carbocycles. The van der Waals surface area contributed by atoms with Crippen LogP contribution < -0.4 is 10.6 Å². The minimum Gasteiger partial charge on any atom is -0.377 e. The summed E-state index contributed by atoms with van der Waals surface area (Å²) < 4.78 is 5.44. The van der Waals surface area contributed by atoms with E-state index in [-0.39, 0.29) is 5.91 Å². The van der Waals surface area contributed by atoms with Gasteiger partial charge in [0.15, 0.2) is 0 Å². The standard InChI is InChI=1S/C11H20N2O2/c1-8-10(4-7-15-8)12-5-6-13-11(14)9-2-3-9/h8-10,12H,2-7H2,1H3,(H,13,14)/t8-,10-/m0/s1. The Morgan fingerprint density at radius 1 is 1.33 bits per heavy atom. The van der Waals surface area contributed by atoms with Crippen LogP contribution in [-0.4, -0.2) is 37.7 Å². The Hall–Kier alpha value is -0.610. The Morgan fingerprint density at radius 3 is 2.73 bits per heavy atom. The van der Waals surface area contributed by atoms with Crippen LogP contribution in [-0.2, 0) is 9.53 Å². The SMILES string of the molecule is C[C@@H]1OCC[C@@H]1NCCNC(=O)C1CC1. The second-order valence-electron chi connectivity index (χ2n) is 4.49. The molecular formula is C11H20N2O2. The molecule has 0 spiro atoms. The molecule has 0 aromatic carbocycles. The average molecular weight is 212 g/mol. The van der Waals surface area contributed by atoms with Gasteiger partial charge in [-0.15, -0.1) is 0 Å². The summed E-state index contributed by atoms with van der Waals surface area (Å²) >= 11 is 0. The summed E-state index contributed by atoms with van der Waals surface area (Å²) in [4.78, 5) is 11.3. The third kappa shape index (κ3) is 3.18. The van der Waals surface area contributed by atoms with Gasteiger partial charge in [-0.05, 0) is 26.2 Å². The molecule has 4 heteroatoms. The lowest BCUT2D eigenvalue weighted by Crippen LogP contribution is -2.40. The van der Waals surface area contributed by atoms with E-state index in [1.807, 2.05) is 0 Å². The van der Waals surface area contributed by atoms with Gasteiger partial charge in [0.2, 0.25) is 5.91 Å². The second kappa shape index (κ2) is 4.94. The Morgan fingerprint density at radius 2 is 2.13 bits per heavy atom. The van der Waals surface area contributed by atoms with Crippen molar-refractivity contribution in [1.82, 2.24) is 10.6 Å². The highest BCUT2D eigenvalue weighted by atomic mass is 16.5. The fourth-order valence-electron chi connectivity index (χ4n) is 1.93. The largest absolute Gasteiger partial charge is 0.377 e. The van der Waals surface area contributed by atoms with E-state index in [9.17, 15) is 4.79 Å². The van der Waals surface area contributed by atoms with Gasteiger partial charge in [0.1, 0.15) is 0 Å². The van der Waals surface area contributed by atoms with Gasteiger partial charge in [0, 0.05) is 31.7 Å². The maximum Gasteiger partial charge on any atom is 0.223 e. The van der Waals surface area contributed by atoms with Crippen molar-refractivity contribution in [3.05, 3.63) is 0 Å². The van der Waals surface area contributed by atoms with E-state index in [1.54, 1.807) is 0 Å². The summed E-state index contributed by atoms with van der Waals surface area (Å²) in [6.45, 7) is 4.52. The van der Waals surface area contributed by atoms with Crippen LogP contribution in [0.25, 0.3) is 0 Å². The minimum atomic E-state index is 0.229. The first-order chi connectivity index (χ1) is 7.27. The minimum absolute atomic E-state index is 0.229. The van der Waals surface area contributed by atoms with Crippen LogP contribution in [0.1, 0.15) is 26.2 Å². The van der Waals surface area contributed by atoms with Crippen LogP contribution in [0.5, 0.6) is 0 Å². The van der Waals surface area contributed by atoms with Gasteiger partial charge in [0.05, 0.1) is 6.10 Å². The lowest BCUT2D eigenvalue weighted by atomic mass is 10.1. The lowest BCUT2D eigenvalue weighted by Gasteiger charge is -2.15. The highest BCUT2D eigenvalue weighted by molar-refractivity contribution is 5.80. The molecular weight excluding hydrogens is 192 g/mol. The maximum absolute atomic E-state index is 11.3. The van der Waals surface area contributed by atoms with Crippen molar-refractivity contribution < 1.29 is 9.53 Å². The zero-order valence-corrected chi connectivity index (χ0v) is 9.29. The summed E-state index contributed by atoms with van der Waals surface area (Å²) in [6.07, 6.45) is 3.54. The van der Waals surface area contributed by atoms with Crippen molar-refractivity contribution in [3.8, 4) is 0 Å². The van der Waals surface area contributed by atoms with Crippen LogP contribution in [0.15, 0.2) is 0 Å². The zero-order valence-electron chi connectivity index (χ0n) is 9.29. The smallest absolute Gasteiger partial charge is 0.223 e. The van der Waals surface area contributed by atoms with Crippen LogP contribution in [0.3, 0.4) is 0 Å². The maximum atomic E-state index is 11.3. The molecule has 0 radical (unpaired) electrons. The first-order valence-electron chi connectivity index (χ1n) is 5.90. The van der Waals surface area contributed by atoms with Crippen LogP contribution in [0, 0.1) is 5.92 Å². The number of ether oxygens (including phenoxy) is 1. The molecule has 1 heterocycles. The summed E-state index contributed by atoms with van der Waals surface area (Å²) in [6, 6.07) is 0.461. The predicted molar refractivity (Wildman–Crippen MR) is 57.6 cm³/mol. The Balaban J connectivity index is 1.52. The van der Waals surface area contributed by atoms with Crippen molar-refractivity contribution in [2.45, 2.75) is 38.3 Å². The molecule has 0 unspecified atom stereocenters. The third-order valence-electron chi connectivity index (χ3n) is 3.16. The van der Waals surface area contributed by atoms with Crippen LogP contribution in [0.4, 0.5) is 0 Å². The van der Waals surface area contributed by atoms with Gasteiger partial charge in [-0.1, -0.05) is 0 Å². The molecule has 15 heavy (non-hydrogen) atoms.